The molecule has 0 aromatic heterocycles. The molecule has 1 saturated heterocycles. The van der Waals surface area contributed by atoms with Crippen molar-refractivity contribution >= 4 is 15.9 Å². The van der Waals surface area contributed by atoms with Crippen molar-refractivity contribution in [3.63, 3.8) is 0 Å². The number of sulfonamides is 1. The minimum atomic E-state index is -3.77. The number of methoxy groups -OCH3 is 2. The minimum absolute atomic E-state index is 0.0149. The summed E-state index contributed by atoms with van der Waals surface area (Å²) in [5.74, 6) is 0.561. The van der Waals surface area contributed by atoms with E-state index < -0.39 is 16.1 Å². The van der Waals surface area contributed by atoms with Gasteiger partial charge in [0.15, 0.2) is 0 Å². The molecule has 1 heterocycles. The molecule has 0 aliphatic carbocycles. The fourth-order valence-corrected chi connectivity index (χ4v) is 3.38. The van der Waals surface area contributed by atoms with Crippen LogP contribution in [0.15, 0.2) is 23.1 Å². The summed E-state index contributed by atoms with van der Waals surface area (Å²) in [6.45, 7) is 0.352. The number of benzene rings is 1. The van der Waals surface area contributed by atoms with Gasteiger partial charge in [-0.15, -0.1) is 0 Å². The molecular weight excluding hydrogens is 324 g/mol. The largest absolute Gasteiger partial charge is 0.497 e. The summed E-state index contributed by atoms with van der Waals surface area (Å²) < 4.78 is 42.8. The fraction of sp³-hybridized carbons (Fsp3) is 0.500. The second kappa shape index (κ2) is 7.16. The molecule has 0 bridgehead atoms. The van der Waals surface area contributed by atoms with E-state index in [-0.39, 0.29) is 29.7 Å². The number of amides is 1. The molecule has 0 radical (unpaired) electrons. The van der Waals surface area contributed by atoms with Crippen LogP contribution in [0.2, 0.25) is 0 Å². The van der Waals surface area contributed by atoms with Gasteiger partial charge in [-0.25, -0.2) is 13.1 Å². The van der Waals surface area contributed by atoms with E-state index in [0.29, 0.717) is 12.3 Å². The van der Waals surface area contributed by atoms with Gasteiger partial charge in [-0.1, -0.05) is 0 Å². The third-order valence-electron chi connectivity index (χ3n) is 3.51. The molecule has 1 aromatic carbocycles. The zero-order chi connectivity index (χ0) is 17.0. The SMILES string of the molecule is COc1ccc(S(=O)(=O)NCC2CN(C)C(=O)CO2)c(OC)c1. The van der Waals surface area contributed by atoms with Crippen LogP contribution in [0.5, 0.6) is 11.5 Å². The van der Waals surface area contributed by atoms with Crippen molar-refractivity contribution in [1.82, 2.24) is 9.62 Å². The normalized spacial score (nSPS) is 18.8. The number of rotatable bonds is 6. The number of morpholine rings is 1. The smallest absolute Gasteiger partial charge is 0.248 e. The molecule has 1 N–H and O–H groups in total. The topological polar surface area (TPSA) is 94.2 Å². The Kier molecular flexibility index (Phi) is 5.45. The molecule has 0 spiro atoms. The Morgan fingerprint density at radius 1 is 1.35 bits per heavy atom. The van der Waals surface area contributed by atoms with E-state index in [2.05, 4.69) is 4.72 Å². The van der Waals surface area contributed by atoms with Crippen molar-refractivity contribution in [2.75, 3.05) is 41.0 Å². The zero-order valence-corrected chi connectivity index (χ0v) is 14.1. The number of hydrogen-bond acceptors (Lipinski definition) is 6. The van der Waals surface area contributed by atoms with Gasteiger partial charge >= 0.3 is 0 Å². The maximum absolute atomic E-state index is 12.4. The van der Waals surface area contributed by atoms with Crippen molar-refractivity contribution in [3.8, 4) is 11.5 Å². The molecule has 1 atom stereocenters. The number of hydrogen-bond donors (Lipinski definition) is 1. The quantitative estimate of drug-likeness (QED) is 0.771. The summed E-state index contributed by atoms with van der Waals surface area (Å²) in [4.78, 5) is 12.9. The fourth-order valence-electron chi connectivity index (χ4n) is 2.16. The maximum atomic E-state index is 12.4. The summed E-state index contributed by atoms with van der Waals surface area (Å²) in [7, 11) is 0.752. The Morgan fingerprint density at radius 3 is 2.70 bits per heavy atom. The predicted octanol–water partition coefficient (Wildman–Crippen LogP) is -0.161. The molecule has 2 rings (SSSR count). The third kappa shape index (κ3) is 4.12. The summed E-state index contributed by atoms with van der Waals surface area (Å²) >= 11 is 0. The highest BCUT2D eigenvalue weighted by Crippen LogP contribution is 2.28. The number of carbonyl (C=O) groups is 1. The lowest BCUT2D eigenvalue weighted by molar-refractivity contribution is -0.146. The van der Waals surface area contributed by atoms with Crippen LogP contribution in [0.1, 0.15) is 0 Å². The van der Waals surface area contributed by atoms with Crippen LogP contribution in [0.3, 0.4) is 0 Å². The number of nitrogens with one attached hydrogen (secondary N) is 1. The van der Waals surface area contributed by atoms with Crippen LogP contribution in [0.4, 0.5) is 0 Å². The number of carbonyl (C=O) groups excluding carboxylic acids is 1. The van der Waals surface area contributed by atoms with Gasteiger partial charge in [0.1, 0.15) is 23.0 Å². The number of likely N-dealkylation sites (N-methyl/N-ethyl adjacent to an activating group) is 1. The van der Waals surface area contributed by atoms with Gasteiger partial charge in [0, 0.05) is 26.2 Å². The van der Waals surface area contributed by atoms with Crippen molar-refractivity contribution < 1.29 is 27.4 Å². The van der Waals surface area contributed by atoms with Crippen molar-refractivity contribution in [1.29, 1.82) is 0 Å². The van der Waals surface area contributed by atoms with E-state index in [1.165, 1.54) is 31.3 Å². The van der Waals surface area contributed by atoms with E-state index in [9.17, 15) is 13.2 Å². The van der Waals surface area contributed by atoms with Gasteiger partial charge in [-0.2, -0.15) is 0 Å². The van der Waals surface area contributed by atoms with E-state index in [0.717, 1.165) is 0 Å². The van der Waals surface area contributed by atoms with Gasteiger partial charge in [0.25, 0.3) is 0 Å². The van der Waals surface area contributed by atoms with Crippen LogP contribution in [-0.4, -0.2) is 66.3 Å². The molecule has 1 amide bonds. The highest BCUT2D eigenvalue weighted by molar-refractivity contribution is 7.89. The lowest BCUT2D eigenvalue weighted by Crippen LogP contribution is -2.48. The Balaban J connectivity index is 2.09. The molecule has 8 nitrogen and oxygen atoms in total. The molecule has 1 fully saturated rings. The lowest BCUT2D eigenvalue weighted by Gasteiger charge is -2.29. The first-order chi connectivity index (χ1) is 10.9. The monoisotopic (exact) mass is 344 g/mol. The van der Waals surface area contributed by atoms with Gasteiger partial charge in [-0.05, 0) is 12.1 Å². The van der Waals surface area contributed by atoms with Crippen LogP contribution < -0.4 is 14.2 Å². The van der Waals surface area contributed by atoms with Crippen LogP contribution in [0.25, 0.3) is 0 Å². The van der Waals surface area contributed by atoms with Crippen LogP contribution >= 0.6 is 0 Å². The number of nitrogens with zero attached hydrogens (tertiary/aromatic N) is 1. The molecule has 128 valence electrons. The molecule has 0 saturated carbocycles. The van der Waals surface area contributed by atoms with Gasteiger partial charge in [-0.3, -0.25) is 4.79 Å². The Labute approximate surface area is 135 Å². The summed E-state index contributed by atoms with van der Waals surface area (Å²) in [5.41, 5.74) is 0. The Morgan fingerprint density at radius 2 is 2.09 bits per heavy atom. The Hall–Kier alpha value is -1.84. The lowest BCUT2D eigenvalue weighted by atomic mass is 10.3. The number of ether oxygens (including phenoxy) is 3. The predicted molar refractivity (Wildman–Crippen MR) is 82.1 cm³/mol. The van der Waals surface area contributed by atoms with Gasteiger partial charge < -0.3 is 19.1 Å². The van der Waals surface area contributed by atoms with Crippen LogP contribution in [0, 0.1) is 0 Å². The third-order valence-corrected chi connectivity index (χ3v) is 4.97. The molecule has 1 aliphatic rings. The first-order valence-electron chi connectivity index (χ1n) is 6.94. The second-order valence-corrected chi connectivity index (χ2v) is 6.81. The first kappa shape index (κ1) is 17.5. The molecule has 1 aliphatic heterocycles. The molecule has 23 heavy (non-hydrogen) atoms. The minimum Gasteiger partial charge on any atom is -0.497 e. The van der Waals surface area contributed by atoms with Crippen molar-refractivity contribution in [2.24, 2.45) is 0 Å². The average molecular weight is 344 g/mol. The Bertz CT molecular complexity index is 676. The molecule has 9 heteroatoms. The van der Waals surface area contributed by atoms with E-state index in [1.54, 1.807) is 13.1 Å². The molecular formula is C14H20N2O6S. The highest BCUT2D eigenvalue weighted by atomic mass is 32.2. The zero-order valence-electron chi connectivity index (χ0n) is 13.2. The first-order valence-corrected chi connectivity index (χ1v) is 8.43. The van der Waals surface area contributed by atoms with Gasteiger partial charge in [0.05, 0.1) is 20.3 Å². The van der Waals surface area contributed by atoms with Crippen molar-refractivity contribution in [3.05, 3.63) is 18.2 Å². The van der Waals surface area contributed by atoms with Crippen molar-refractivity contribution in [2.45, 2.75) is 11.0 Å². The highest BCUT2D eigenvalue weighted by Gasteiger charge is 2.26. The standard InChI is InChI=1S/C14H20N2O6S/c1-16-8-11(22-9-14(16)17)7-15-23(18,19)13-5-4-10(20-2)6-12(13)21-3/h4-6,11,15H,7-9H2,1-3H3. The van der Waals surface area contributed by atoms with E-state index >= 15 is 0 Å². The summed E-state index contributed by atoms with van der Waals surface area (Å²) in [5, 5.41) is 0. The average Bonchev–Trinajstić information content (AvgIpc) is 2.55. The molecule has 1 aromatic rings. The van der Waals surface area contributed by atoms with E-state index in [1.807, 2.05) is 0 Å². The molecule has 1 unspecified atom stereocenters. The van der Waals surface area contributed by atoms with Gasteiger partial charge in [0.2, 0.25) is 15.9 Å². The maximum Gasteiger partial charge on any atom is 0.248 e. The summed E-state index contributed by atoms with van der Waals surface area (Å²) in [6.07, 6.45) is -0.392. The second-order valence-electron chi connectivity index (χ2n) is 5.08. The summed E-state index contributed by atoms with van der Waals surface area (Å²) in [6, 6.07) is 4.45. The van der Waals surface area contributed by atoms with Crippen LogP contribution in [-0.2, 0) is 19.6 Å². The van der Waals surface area contributed by atoms with E-state index in [4.69, 9.17) is 14.2 Å².